The fourth-order valence-electron chi connectivity index (χ4n) is 3.71. The molecular formula is C23H25ClN6O. The molecule has 0 radical (unpaired) electrons. The van der Waals surface area contributed by atoms with E-state index in [1.165, 1.54) is 5.56 Å². The quantitative estimate of drug-likeness (QED) is 0.548. The minimum Gasteiger partial charge on any atom is -0.352 e. The molecular weight excluding hydrogens is 412 g/mol. The van der Waals surface area contributed by atoms with Gasteiger partial charge in [-0.05, 0) is 37.4 Å². The molecule has 0 atom stereocenters. The van der Waals surface area contributed by atoms with E-state index in [9.17, 15) is 4.79 Å². The lowest BCUT2D eigenvalue weighted by atomic mass is 10.1. The predicted molar refractivity (Wildman–Crippen MR) is 124 cm³/mol. The number of piperazine rings is 1. The SMILES string of the molecule is CN(C)Cc1cccc(-c2cnc(N3CCN(c4ncc(C=O)cc4Cl)CC3)nc2)c1. The molecule has 1 aromatic carbocycles. The molecule has 0 saturated carbocycles. The van der Waals surface area contributed by atoms with E-state index in [0.717, 1.165) is 56.1 Å². The lowest BCUT2D eigenvalue weighted by Crippen LogP contribution is -2.47. The van der Waals surface area contributed by atoms with Crippen LogP contribution in [0.4, 0.5) is 11.8 Å². The van der Waals surface area contributed by atoms with E-state index in [1.807, 2.05) is 12.4 Å². The maximum atomic E-state index is 10.9. The Bertz CT molecular complexity index is 1050. The smallest absolute Gasteiger partial charge is 0.225 e. The molecule has 0 aliphatic carbocycles. The fourth-order valence-corrected chi connectivity index (χ4v) is 4.00. The predicted octanol–water partition coefficient (Wildman–Crippen LogP) is 3.39. The first-order valence-electron chi connectivity index (χ1n) is 10.2. The summed E-state index contributed by atoms with van der Waals surface area (Å²) in [5.41, 5.74) is 3.87. The van der Waals surface area contributed by atoms with Crippen LogP contribution in [0.1, 0.15) is 15.9 Å². The summed E-state index contributed by atoms with van der Waals surface area (Å²) in [7, 11) is 4.13. The first kappa shape index (κ1) is 21.2. The summed E-state index contributed by atoms with van der Waals surface area (Å²) in [6.45, 7) is 3.94. The van der Waals surface area contributed by atoms with Crippen molar-refractivity contribution in [3.63, 3.8) is 0 Å². The number of carbonyl (C=O) groups is 1. The number of aldehydes is 1. The van der Waals surface area contributed by atoms with E-state index >= 15 is 0 Å². The van der Waals surface area contributed by atoms with E-state index in [-0.39, 0.29) is 0 Å². The first-order chi connectivity index (χ1) is 15.0. The maximum absolute atomic E-state index is 10.9. The number of nitrogens with zero attached hydrogens (tertiary/aromatic N) is 6. The highest BCUT2D eigenvalue weighted by atomic mass is 35.5. The number of hydrogen-bond donors (Lipinski definition) is 0. The molecule has 160 valence electrons. The van der Waals surface area contributed by atoms with Gasteiger partial charge in [-0.25, -0.2) is 15.0 Å². The monoisotopic (exact) mass is 436 g/mol. The largest absolute Gasteiger partial charge is 0.352 e. The summed E-state index contributed by atoms with van der Waals surface area (Å²) < 4.78 is 0. The van der Waals surface area contributed by atoms with Crippen molar-refractivity contribution in [2.75, 3.05) is 50.1 Å². The Labute approximate surface area is 187 Å². The number of anilines is 2. The highest BCUT2D eigenvalue weighted by molar-refractivity contribution is 6.33. The Morgan fingerprint density at radius 3 is 2.32 bits per heavy atom. The zero-order valence-corrected chi connectivity index (χ0v) is 18.5. The Balaban J connectivity index is 1.41. The number of benzene rings is 1. The van der Waals surface area contributed by atoms with Crippen molar-refractivity contribution < 1.29 is 4.79 Å². The number of hydrogen-bond acceptors (Lipinski definition) is 7. The van der Waals surface area contributed by atoms with Crippen LogP contribution >= 0.6 is 11.6 Å². The summed E-state index contributed by atoms with van der Waals surface area (Å²) in [6, 6.07) is 10.1. The van der Waals surface area contributed by atoms with Gasteiger partial charge in [-0.2, -0.15) is 0 Å². The average molecular weight is 437 g/mol. The Morgan fingerprint density at radius 1 is 0.968 bits per heavy atom. The zero-order valence-electron chi connectivity index (χ0n) is 17.7. The molecule has 0 amide bonds. The van der Waals surface area contributed by atoms with Crippen LogP contribution in [0.3, 0.4) is 0 Å². The van der Waals surface area contributed by atoms with Gasteiger partial charge >= 0.3 is 0 Å². The second kappa shape index (κ2) is 9.41. The molecule has 1 fully saturated rings. The van der Waals surface area contributed by atoms with Crippen LogP contribution < -0.4 is 9.80 Å². The van der Waals surface area contributed by atoms with Crippen LogP contribution in [0.5, 0.6) is 0 Å². The molecule has 0 unspecified atom stereocenters. The molecule has 3 heterocycles. The average Bonchev–Trinajstić information content (AvgIpc) is 2.79. The second-order valence-corrected chi connectivity index (χ2v) is 8.28. The highest BCUT2D eigenvalue weighted by Gasteiger charge is 2.21. The van der Waals surface area contributed by atoms with Crippen molar-refractivity contribution in [3.8, 4) is 11.1 Å². The van der Waals surface area contributed by atoms with Gasteiger partial charge in [0.15, 0.2) is 6.29 Å². The topological polar surface area (TPSA) is 65.5 Å². The van der Waals surface area contributed by atoms with Crippen LogP contribution in [0.15, 0.2) is 48.9 Å². The van der Waals surface area contributed by atoms with Gasteiger partial charge in [0, 0.05) is 62.4 Å². The van der Waals surface area contributed by atoms with E-state index in [0.29, 0.717) is 16.4 Å². The maximum Gasteiger partial charge on any atom is 0.225 e. The number of aromatic nitrogens is 3. The van der Waals surface area contributed by atoms with Crippen molar-refractivity contribution in [1.29, 1.82) is 0 Å². The molecule has 0 N–H and O–H groups in total. The molecule has 0 bridgehead atoms. The van der Waals surface area contributed by atoms with Crippen molar-refractivity contribution in [1.82, 2.24) is 19.9 Å². The second-order valence-electron chi connectivity index (χ2n) is 7.88. The molecule has 1 aliphatic heterocycles. The van der Waals surface area contributed by atoms with E-state index < -0.39 is 0 Å². The van der Waals surface area contributed by atoms with Gasteiger partial charge < -0.3 is 14.7 Å². The molecule has 2 aromatic heterocycles. The van der Waals surface area contributed by atoms with E-state index in [1.54, 1.807) is 12.3 Å². The van der Waals surface area contributed by atoms with Crippen LogP contribution in [-0.4, -0.2) is 66.4 Å². The van der Waals surface area contributed by atoms with Crippen LogP contribution in [-0.2, 0) is 6.54 Å². The molecule has 1 aliphatic rings. The van der Waals surface area contributed by atoms with Gasteiger partial charge in [0.1, 0.15) is 5.82 Å². The Kier molecular flexibility index (Phi) is 6.44. The number of carbonyl (C=O) groups excluding carboxylic acids is 1. The van der Waals surface area contributed by atoms with Gasteiger partial charge in [-0.15, -0.1) is 0 Å². The van der Waals surface area contributed by atoms with Crippen LogP contribution in [0.25, 0.3) is 11.1 Å². The molecule has 3 aromatic rings. The third-order valence-corrected chi connectivity index (χ3v) is 5.52. The van der Waals surface area contributed by atoms with E-state index in [4.69, 9.17) is 11.6 Å². The third-order valence-electron chi connectivity index (χ3n) is 5.24. The summed E-state index contributed by atoms with van der Waals surface area (Å²) in [4.78, 5) is 30.9. The van der Waals surface area contributed by atoms with Gasteiger partial charge in [0.05, 0.1) is 5.02 Å². The summed E-state index contributed by atoms with van der Waals surface area (Å²) in [5.74, 6) is 1.43. The lowest BCUT2D eigenvalue weighted by molar-refractivity contribution is 0.112. The molecule has 0 spiro atoms. The van der Waals surface area contributed by atoms with Gasteiger partial charge in [0.25, 0.3) is 0 Å². The normalized spacial score (nSPS) is 14.2. The van der Waals surface area contributed by atoms with Gasteiger partial charge in [-0.1, -0.05) is 29.8 Å². The molecule has 4 rings (SSSR count). The number of pyridine rings is 1. The minimum atomic E-state index is 0.480. The molecule has 31 heavy (non-hydrogen) atoms. The minimum absolute atomic E-state index is 0.480. The highest BCUT2D eigenvalue weighted by Crippen LogP contribution is 2.26. The van der Waals surface area contributed by atoms with Crippen molar-refractivity contribution in [2.45, 2.75) is 6.54 Å². The van der Waals surface area contributed by atoms with Crippen molar-refractivity contribution in [2.24, 2.45) is 0 Å². The summed E-state index contributed by atoms with van der Waals surface area (Å²) >= 11 is 6.31. The number of rotatable bonds is 6. The summed E-state index contributed by atoms with van der Waals surface area (Å²) in [5, 5.41) is 0.496. The van der Waals surface area contributed by atoms with Crippen LogP contribution in [0, 0.1) is 0 Å². The molecule has 7 nitrogen and oxygen atoms in total. The van der Waals surface area contributed by atoms with Gasteiger partial charge in [-0.3, -0.25) is 4.79 Å². The molecule has 8 heteroatoms. The van der Waals surface area contributed by atoms with E-state index in [2.05, 4.69) is 68.0 Å². The Hall–Kier alpha value is -3.03. The summed E-state index contributed by atoms with van der Waals surface area (Å²) in [6.07, 6.45) is 6.08. The Morgan fingerprint density at radius 2 is 1.68 bits per heavy atom. The van der Waals surface area contributed by atoms with Gasteiger partial charge in [0.2, 0.25) is 5.95 Å². The van der Waals surface area contributed by atoms with Crippen molar-refractivity contribution in [3.05, 3.63) is 65.1 Å². The molecule has 1 saturated heterocycles. The van der Waals surface area contributed by atoms with Crippen molar-refractivity contribution >= 4 is 29.7 Å². The fraction of sp³-hybridized carbons (Fsp3) is 0.304. The van der Waals surface area contributed by atoms with Crippen LogP contribution in [0.2, 0.25) is 5.02 Å². The zero-order chi connectivity index (χ0) is 21.8. The lowest BCUT2D eigenvalue weighted by Gasteiger charge is -2.35. The first-order valence-corrected chi connectivity index (χ1v) is 10.6. The standard InChI is InChI=1S/C23H25ClN6O/c1-28(2)15-17-4-3-5-19(10-17)20-13-26-23(27-14-20)30-8-6-29(7-9-30)22-21(24)11-18(16-31)12-25-22/h3-5,10-14,16H,6-9,15H2,1-2H3. The number of halogens is 1. The third kappa shape index (κ3) is 5.00.